The second-order valence-corrected chi connectivity index (χ2v) is 8.53. The molecular weight excluding hydrogens is 442 g/mol. The van der Waals surface area contributed by atoms with E-state index in [9.17, 15) is 9.59 Å². The molecule has 3 heterocycles. The van der Waals surface area contributed by atoms with Crippen LogP contribution in [0, 0.1) is 20.8 Å². The monoisotopic (exact) mass is 465 g/mol. The molecule has 0 aliphatic rings. The van der Waals surface area contributed by atoms with E-state index in [4.69, 9.17) is 4.52 Å². The molecule has 0 aliphatic heterocycles. The van der Waals surface area contributed by atoms with Gasteiger partial charge in [-0.25, -0.2) is 4.98 Å². The number of anilines is 1. The van der Waals surface area contributed by atoms with Crippen molar-refractivity contribution in [2.45, 2.75) is 27.3 Å². The Morgan fingerprint density at radius 2 is 1.77 bits per heavy atom. The van der Waals surface area contributed by atoms with E-state index >= 15 is 0 Å². The summed E-state index contributed by atoms with van der Waals surface area (Å²) < 4.78 is 7.11. The molecule has 0 aliphatic carbocycles. The molecule has 8 nitrogen and oxygen atoms in total. The minimum Gasteiger partial charge on any atom is -0.333 e. The van der Waals surface area contributed by atoms with Gasteiger partial charge in [0.15, 0.2) is 0 Å². The molecule has 0 fully saturated rings. The molecule has 174 valence electrons. The zero-order chi connectivity index (χ0) is 24.5. The van der Waals surface area contributed by atoms with Crippen LogP contribution in [-0.4, -0.2) is 25.6 Å². The van der Waals surface area contributed by atoms with E-state index in [0.29, 0.717) is 22.5 Å². The second kappa shape index (κ2) is 8.98. The van der Waals surface area contributed by atoms with E-state index in [0.717, 1.165) is 22.4 Å². The number of aromatic nitrogens is 4. The van der Waals surface area contributed by atoms with Gasteiger partial charge >= 0.3 is 0 Å². The SMILES string of the molecule is Cc1ccc(NC(=O)Cn2cc(-c3nc(-c4cccc(C)c4)no3)c(=O)c3ccc(C)nc32)cc1. The number of pyridine rings is 2. The number of hydrogen-bond acceptors (Lipinski definition) is 6. The summed E-state index contributed by atoms with van der Waals surface area (Å²) in [6.45, 7) is 5.74. The van der Waals surface area contributed by atoms with Gasteiger partial charge in [0.2, 0.25) is 17.2 Å². The van der Waals surface area contributed by atoms with Crippen LogP contribution < -0.4 is 10.7 Å². The highest BCUT2D eigenvalue weighted by atomic mass is 16.5. The highest BCUT2D eigenvalue weighted by molar-refractivity contribution is 5.91. The molecular formula is C27H23N5O3. The Morgan fingerprint density at radius 3 is 2.54 bits per heavy atom. The number of hydrogen-bond donors (Lipinski definition) is 1. The van der Waals surface area contributed by atoms with E-state index in [-0.39, 0.29) is 29.3 Å². The number of nitrogens with zero attached hydrogens (tertiary/aromatic N) is 4. The molecule has 0 bridgehead atoms. The Hall–Kier alpha value is -4.59. The maximum atomic E-state index is 13.3. The zero-order valence-electron chi connectivity index (χ0n) is 19.6. The average molecular weight is 466 g/mol. The summed E-state index contributed by atoms with van der Waals surface area (Å²) in [4.78, 5) is 35.2. The summed E-state index contributed by atoms with van der Waals surface area (Å²) in [5, 5.41) is 7.32. The predicted molar refractivity (Wildman–Crippen MR) is 134 cm³/mol. The van der Waals surface area contributed by atoms with Crippen molar-refractivity contribution in [3.8, 4) is 22.8 Å². The molecule has 0 saturated heterocycles. The molecule has 3 aromatic heterocycles. The van der Waals surface area contributed by atoms with Crippen LogP contribution in [0.25, 0.3) is 33.9 Å². The lowest BCUT2D eigenvalue weighted by molar-refractivity contribution is -0.116. The Bertz CT molecular complexity index is 1620. The van der Waals surface area contributed by atoms with E-state index in [1.54, 1.807) is 22.9 Å². The Morgan fingerprint density at radius 1 is 0.971 bits per heavy atom. The lowest BCUT2D eigenvalue weighted by Gasteiger charge is -2.12. The third-order valence-corrected chi connectivity index (χ3v) is 5.64. The van der Waals surface area contributed by atoms with Gasteiger partial charge in [0.05, 0.1) is 5.39 Å². The highest BCUT2D eigenvalue weighted by Crippen LogP contribution is 2.23. The van der Waals surface area contributed by atoms with Gasteiger partial charge in [0.1, 0.15) is 17.8 Å². The van der Waals surface area contributed by atoms with Crippen molar-refractivity contribution in [3.05, 3.63) is 93.9 Å². The van der Waals surface area contributed by atoms with Crippen molar-refractivity contribution in [1.29, 1.82) is 0 Å². The van der Waals surface area contributed by atoms with Crippen LogP contribution in [0.2, 0.25) is 0 Å². The fraction of sp³-hybridized carbons (Fsp3) is 0.148. The van der Waals surface area contributed by atoms with Crippen molar-refractivity contribution >= 4 is 22.6 Å². The van der Waals surface area contributed by atoms with Crippen molar-refractivity contribution < 1.29 is 9.32 Å². The van der Waals surface area contributed by atoms with E-state index in [2.05, 4.69) is 20.4 Å². The van der Waals surface area contributed by atoms with Gasteiger partial charge < -0.3 is 14.4 Å². The molecule has 5 aromatic rings. The van der Waals surface area contributed by atoms with Crippen molar-refractivity contribution in [2.24, 2.45) is 0 Å². The Labute approximate surface area is 201 Å². The number of aryl methyl sites for hydroxylation is 3. The van der Waals surface area contributed by atoms with Gasteiger partial charge in [-0.1, -0.05) is 46.6 Å². The fourth-order valence-electron chi connectivity index (χ4n) is 3.86. The number of nitrogens with one attached hydrogen (secondary N) is 1. The first kappa shape index (κ1) is 22.2. The van der Waals surface area contributed by atoms with E-state index in [1.807, 2.05) is 69.3 Å². The Balaban J connectivity index is 1.55. The molecule has 1 N–H and O–H groups in total. The molecule has 2 aromatic carbocycles. The molecule has 8 heteroatoms. The number of amides is 1. The zero-order valence-corrected chi connectivity index (χ0v) is 19.6. The van der Waals surface area contributed by atoms with Crippen LogP contribution in [0.5, 0.6) is 0 Å². The third-order valence-electron chi connectivity index (χ3n) is 5.64. The number of carbonyl (C=O) groups is 1. The quantitative estimate of drug-likeness (QED) is 0.404. The molecule has 1 amide bonds. The van der Waals surface area contributed by atoms with Crippen LogP contribution in [0.3, 0.4) is 0 Å². The van der Waals surface area contributed by atoms with Crippen LogP contribution in [-0.2, 0) is 11.3 Å². The van der Waals surface area contributed by atoms with Crippen LogP contribution in [0.15, 0.2) is 76.2 Å². The first-order valence-corrected chi connectivity index (χ1v) is 11.2. The molecule has 0 spiro atoms. The maximum absolute atomic E-state index is 13.3. The predicted octanol–water partition coefficient (Wildman–Crippen LogP) is 4.68. The molecule has 35 heavy (non-hydrogen) atoms. The van der Waals surface area contributed by atoms with Gasteiger partial charge in [0, 0.05) is 23.1 Å². The molecule has 0 atom stereocenters. The summed E-state index contributed by atoms with van der Waals surface area (Å²) in [5.41, 5.74) is 4.70. The second-order valence-electron chi connectivity index (χ2n) is 8.53. The lowest BCUT2D eigenvalue weighted by Crippen LogP contribution is -2.22. The van der Waals surface area contributed by atoms with Crippen molar-refractivity contribution in [3.63, 3.8) is 0 Å². The average Bonchev–Trinajstić information content (AvgIpc) is 3.32. The van der Waals surface area contributed by atoms with Gasteiger partial charge in [-0.05, 0) is 51.1 Å². The molecule has 0 radical (unpaired) electrons. The minimum atomic E-state index is -0.290. The maximum Gasteiger partial charge on any atom is 0.263 e. The normalized spacial score (nSPS) is 11.1. The summed E-state index contributed by atoms with van der Waals surface area (Å²) in [6.07, 6.45) is 1.55. The number of carbonyl (C=O) groups excluding carboxylic acids is 1. The summed E-state index contributed by atoms with van der Waals surface area (Å²) in [7, 11) is 0. The molecule has 0 saturated carbocycles. The van der Waals surface area contributed by atoms with Gasteiger partial charge in [-0.15, -0.1) is 0 Å². The third kappa shape index (κ3) is 4.59. The standard InChI is InChI=1S/C27H23N5O3/c1-16-7-10-20(11-8-16)29-23(33)15-32-14-22(24(34)21-12-9-18(3)28-26(21)32)27-30-25(31-35-27)19-6-4-5-17(2)13-19/h4-14H,15H2,1-3H3,(H,29,33). The fourth-order valence-corrected chi connectivity index (χ4v) is 3.86. The molecule has 0 unspecified atom stereocenters. The van der Waals surface area contributed by atoms with E-state index < -0.39 is 0 Å². The highest BCUT2D eigenvalue weighted by Gasteiger charge is 2.19. The smallest absolute Gasteiger partial charge is 0.263 e. The first-order valence-electron chi connectivity index (χ1n) is 11.2. The van der Waals surface area contributed by atoms with Crippen LogP contribution in [0.4, 0.5) is 5.69 Å². The summed E-state index contributed by atoms with van der Waals surface area (Å²) >= 11 is 0. The topological polar surface area (TPSA) is 103 Å². The number of fused-ring (bicyclic) bond motifs is 1. The van der Waals surface area contributed by atoms with Crippen molar-refractivity contribution in [2.75, 3.05) is 5.32 Å². The number of rotatable bonds is 5. The van der Waals surface area contributed by atoms with Gasteiger partial charge in [0.25, 0.3) is 5.89 Å². The lowest BCUT2D eigenvalue weighted by atomic mass is 10.1. The van der Waals surface area contributed by atoms with Gasteiger partial charge in [-0.3, -0.25) is 9.59 Å². The molecule has 5 rings (SSSR count). The summed E-state index contributed by atoms with van der Waals surface area (Å²) in [5.74, 6) is 0.217. The first-order chi connectivity index (χ1) is 16.9. The summed E-state index contributed by atoms with van der Waals surface area (Å²) in [6, 6.07) is 18.7. The minimum absolute atomic E-state index is 0.0486. The largest absolute Gasteiger partial charge is 0.333 e. The number of benzene rings is 2. The van der Waals surface area contributed by atoms with Crippen LogP contribution >= 0.6 is 0 Å². The van der Waals surface area contributed by atoms with Gasteiger partial charge in [-0.2, -0.15) is 4.98 Å². The van der Waals surface area contributed by atoms with Crippen molar-refractivity contribution in [1.82, 2.24) is 19.7 Å². The Kier molecular flexibility index (Phi) is 5.70. The van der Waals surface area contributed by atoms with Crippen LogP contribution in [0.1, 0.15) is 16.8 Å². The van der Waals surface area contributed by atoms with E-state index in [1.165, 1.54) is 0 Å².